The second-order valence-electron chi connectivity index (χ2n) is 6.87. The fourth-order valence-corrected chi connectivity index (χ4v) is 4.12. The number of rotatable bonds is 7. The third-order valence-electron chi connectivity index (χ3n) is 4.85. The fourth-order valence-electron chi connectivity index (χ4n) is 3.22. The Morgan fingerprint density at radius 3 is 2.68 bits per heavy atom. The molecular formula is C23H20FN3O3S. The number of carbonyl (C=O) groups excluding carboxylic acids is 1. The van der Waals surface area contributed by atoms with E-state index in [1.165, 1.54) is 29.8 Å². The molecule has 0 aliphatic heterocycles. The number of hydrogen-bond donors (Lipinski definition) is 0. The van der Waals surface area contributed by atoms with Crippen LogP contribution in [0.2, 0.25) is 0 Å². The lowest BCUT2D eigenvalue weighted by molar-refractivity contribution is -0.132. The van der Waals surface area contributed by atoms with Crippen molar-refractivity contribution in [2.75, 3.05) is 20.8 Å². The van der Waals surface area contributed by atoms with Crippen molar-refractivity contribution in [3.63, 3.8) is 0 Å². The Bertz CT molecular complexity index is 1210. The van der Waals surface area contributed by atoms with E-state index >= 15 is 0 Å². The van der Waals surface area contributed by atoms with Crippen molar-refractivity contribution in [2.24, 2.45) is 0 Å². The summed E-state index contributed by atoms with van der Waals surface area (Å²) in [7, 11) is 3.31. The van der Waals surface area contributed by atoms with E-state index in [0.717, 1.165) is 27.3 Å². The zero-order valence-electron chi connectivity index (χ0n) is 17.0. The molecule has 1 amide bonds. The molecule has 0 atom stereocenters. The Balaban J connectivity index is 1.51. The highest BCUT2D eigenvalue weighted by Crippen LogP contribution is 2.37. The molecule has 0 spiro atoms. The van der Waals surface area contributed by atoms with Gasteiger partial charge in [0.05, 0.1) is 12.5 Å². The van der Waals surface area contributed by atoms with E-state index in [2.05, 4.69) is 9.97 Å². The standard InChI is InChI=1S/C23H20FN3O3S/c1-27(11-16-5-3-4-6-19(16)29-2)20(28)12-30-22-21-18(13-31-23(21)26-14-25-22)15-7-9-17(24)10-8-15/h3-10,13-14H,11-12H2,1-2H3. The average Bonchev–Trinajstić information content (AvgIpc) is 3.23. The van der Waals surface area contributed by atoms with Gasteiger partial charge in [-0.25, -0.2) is 14.4 Å². The van der Waals surface area contributed by atoms with Gasteiger partial charge in [0, 0.05) is 30.1 Å². The Labute approximate surface area is 182 Å². The van der Waals surface area contributed by atoms with Crippen molar-refractivity contribution in [2.45, 2.75) is 6.54 Å². The van der Waals surface area contributed by atoms with E-state index in [0.29, 0.717) is 17.8 Å². The smallest absolute Gasteiger partial charge is 0.260 e. The van der Waals surface area contributed by atoms with Gasteiger partial charge in [-0.15, -0.1) is 11.3 Å². The maximum Gasteiger partial charge on any atom is 0.260 e. The summed E-state index contributed by atoms with van der Waals surface area (Å²) >= 11 is 1.44. The normalized spacial score (nSPS) is 10.8. The predicted octanol–water partition coefficient (Wildman–Crippen LogP) is 4.54. The molecule has 4 rings (SSSR count). The first-order chi connectivity index (χ1) is 15.1. The Morgan fingerprint density at radius 1 is 1.13 bits per heavy atom. The van der Waals surface area contributed by atoms with Gasteiger partial charge in [-0.1, -0.05) is 30.3 Å². The number of hydrogen-bond acceptors (Lipinski definition) is 6. The molecule has 2 aromatic heterocycles. The van der Waals surface area contributed by atoms with Gasteiger partial charge in [-0.3, -0.25) is 4.79 Å². The lowest BCUT2D eigenvalue weighted by Gasteiger charge is -2.19. The van der Waals surface area contributed by atoms with Crippen molar-refractivity contribution in [3.8, 4) is 22.8 Å². The maximum atomic E-state index is 13.3. The van der Waals surface area contributed by atoms with E-state index in [1.807, 2.05) is 29.6 Å². The second-order valence-corrected chi connectivity index (χ2v) is 7.72. The van der Waals surface area contributed by atoms with Gasteiger partial charge in [-0.05, 0) is 23.8 Å². The summed E-state index contributed by atoms with van der Waals surface area (Å²) in [6.45, 7) is 0.223. The molecular weight excluding hydrogens is 417 g/mol. The summed E-state index contributed by atoms with van der Waals surface area (Å²) in [6.07, 6.45) is 1.41. The van der Waals surface area contributed by atoms with Crippen LogP contribution in [0.3, 0.4) is 0 Å². The van der Waals surface area contributed by atoms with Gasteiger partial charge in [-0.2, -0.15) is 0 Å². The summed E-state index contributed by atoms with van der Waals surface area (Å²) in [6, 6.07) is 13.7. The summed E-state index contributed by atoms with van der Waals surface area (Å²) < 4.78 is 24.5. The third-order valence-corrected chi connectivity index (χ3v) is 5.74. The molecule has 0 radical (unpaired) electrons. The first kappa shape index (κ1) is 20.7. The number of ether oxygens (including phenoxy) is 2. The van der Waals surface area contributed by atoms with Crippen molar-refractivity contribution in [1.82, 2.24) is 14.9 Å². The summed E-state index contributed by atoms with van der Waals surface area (Å²) in [4.78, 5) is 23.5. The largest absolute Gasteiger partial charge is 0.496 e. The van der Waals surface area contributed by atoms with Crippen LogP contribution in [0.15, 0.2) is 60.2 Å². The minimum atomic E-state index is -0.306. The minimum Gasteiger partial charge on any atom is -0.496 e. The van der Waals surface area contributed by atoms with Gasteiger partial charge in [0.2, 0.25) is 5.88 Å². The fraction of sp³-hybridized carbons (Fsp3) is 0.174. The molecule has 0 aliphatic carbocycles. The van der Waals surface area contributed by atoms with Gasteiger partial charge >= 0.3 is 0 Å². The van der Waals surface area contributed by atoms with Crippen molar-refractivity contribution < 1.29 is 18.7 Å². The summed E-state index contributed by atoms with van der Waals surface area (Å²) in [5, 5.41) is 2.63. The summed E-state index contributed by atoms with van der Waals surface area (Å²) in [5.41, 5.74) is 2.57. The third kappa shape index (κ3) is 4.49. The molecule has 0 bridgehead atoms. The quantitative estimate of drug-likeness (QED) is 0.425. The van der Waals surface area contributed by atoms with E-state index in [4.69, 9.17) is 9.47 Å². The highest BCUT2D eigenvalue weighted by atomic mass is 32.1. The van der Waals surface area contributed by atoms with Crippen molar-refractivity contribution in [1.29, 1.82) is 0 Å². The van der Waals surface area contributed by atoms with E-state index in [1.54, 1.807) is 31.2 Å². The zero-order chi connectivity index (χ0) is 21.8. The highest BCUT2D eigenvalue weighted by molar-refractivity contribution is 7.17. The van der Waals surface area contributed by atoms with Gasteiger partial charge < -0.3 is 14.4 Å². The van der Waals surface area contributed by atoms with Crippen LogP contribution in [0.25, 0.3) is 21.3 Å². The number of amides is 1. The van der Waals surface area contributed by atoms with Crippen LogP contribution < -0.4 is 9.47 Å². The van der Waals surface area contributed by atoms with E-state index in [-0.39, 0.29) is 18.3 Å². The molecule has 0 unspecified atom stereocenters. The number of likely N-dealkylation sites (N-methyl/N-ethyl adjacent to an activating group) is 1. The van der Waals surface area contributed by atoms with Crippen LogP contribution in [0, 0.1) is 5.82 Å². The van der Waals surface area contributed by atoms with E-state index < -0.39 is 0 Å². The SMILES string of the molecule is COc1ccccc1CN(C)C(=O)COc1ncnc2scc(-c3ccc(F)cc3)c12. The molecule has 158 valence electrons. The second kappa shape index (κ2) is 9.09. The Hall–Kier alpha value is -3.52. The summed E-state index contributed by atoms with van der Waals surface area (Å²) in [5.74, 6) is 0.545. The average molecular weight is 437 g/mol. The molecule has 0 aliphatic rings. The molecule has 6 nitrogen and oxygen atoms in total. The number of carbonyl (C=O) groups is 1. The number of para-hydroxylation sites is 1. The topological polar surface area (TPSA) is 64.5 Å². The van der Waals surface area contributed by atoms with Crippen LogP contribution in [-0.4, -0.2) is 41.5 Å². The molecule has 0 fully saturated rings. The molecule has 2 aromatic carbocycles. The van der Waals surface area contributed by atoms with Crippen LogP contribution in [0.4, 0.5) is 4.39 Å². The highest BCUT2D eigenvalue weighted by Gasteiger charge is 2.17. The molecule has 4 aromatic rings. The number of thiophene rings is 1. The monoisotopic (exact) mass is 437 g/mol. The van der Waals surface area contributed by atoms with Crippen LogP contribution >= 0.6 is 11.3 Å². The lowest BCUT2D eigenvalue weighted by Crippen LogP contribution is -2.31. The zero-order valence-corrected chi connectivity index (χ0v) is 17.9. The number of nitrogens with zero attached hydrogens (tertiary/aromatic N) is 3. The maximum absolute atomic E-state index is 13.3. The Kier molecular flexibility index (Phi) is 6.08. The molecule has 0 saturated carbocycles. The van der Waals surface area contributed by atoms with Gasteiger partial charge in [0.1, 0.15) is 22.7 Å². The molecule has 2 heterocycles. The molecule has 31 heavy (non-hydrogen) atoms. The first-order valence-electron chi connectivity index (χ1n) is 9.53. The first-order valence-corrected chi connectivity index (χ1v) is 10.4. The number of fused-ring (bicyclic) bond motifs is 1. The minimum absolute atomic E-state index is 0.170. The molecule has 0 N–H and O–H groups in total. The molecule has 0 saturated heterocycles. The Morgan fingerprint density at radius 2 is 1.90 bits per heavy atom. The lowest BCUT2D eigenvalue weighted by atomic mass is 10.1. The van der Waals surface area contributed by atoms with Crippen LogP contribution in [0.5, 0.6) is 11.6 Å². The molecule has 8 heteroatoms. The van der Waals surface area contributed by atoms with Crippen LogP contribution in [-0.2, 0) is 11.3 Å². The number of aromatic nitrogens is 2. The van der Waals surface area contributed by atoms with Gasteiger partial charge in [0.25, 0.3) is 5.91 Å². The van der Waals surface area contributed by atoms with Crippen molar-refractivity contribution >= 4 is 27.5 Å². The number of methoxy groups -OCH3 is 1. The van der Waals surface area contributed by atoms with Gasteiger partial charge in [0.15, 0.2) is 6.61 Å². The van der Waals surface area contributed by atoms with Crippen LogP contribution in [0.1, 0.15) is 5.56 Å². The number of benzene rings is 2. The predicted molar refractivity (Wildman–Crippen MR) is 118 cm³/mol. The number of halogens is 1. The van der Waals surface area contributed by atoms with E-state index in [9.17, 15) is 9.18 Å². The van der Waals surface area contributed by atoms with Crippen molar-refractivity contribution in [3.05, 3.63) is 71.6 Å².